The fourth-order valence-electron chi connectivity index (χ4n) is 4.59. The van der Waals surface area contributed by atoms with Crippen molar-refractivity contribution in [3.8, 4) is 11.1 Å². The lowest BCUT2D eigenvalue weighted by atomic mass is 10.00. The normalized spacial score (nSPS) is 11.8. The van der Waals surface area contributed by atoms with Gasteiger partial charge in [-0.3, -0.25) is 9.36 Å². The van der Waals surface area contributed by atoms with E-state index in [-0.39, 0.29) is 5.91 Å². The predicted octanol–water partition coefficient (Wildman–Crippen LogP) is 6.76. The molecule has 138 valence electrons. The van der Waals surface area contributed by atoms with Crippen molar-refractivity contribution >= 4 is 49.5 Å². The molecule has 0 spiro atoms. The van der Waals surface area contributed by atoms with E-state index in [4.69, 9.17) is 0 Å². The molecule has 0 bridgehead atoms. The standard InChI is InChI=1S/C26H18N2O/c1-16(29)28-24-12-5-3-8-20(24)22-15-17(13-14-25(22)28)18-9-6-10-21-19-7-2-4-11-23(19)27-26(18)21/h2-15,27H,1H3. The number of carbonyl (C=O) groups excluding carboxylic acids is 1. The summed E-state index contributed by atoms with van der Waals surface area (Å²) in [5.74, 6) is 0.0293. The Bertz CT molecular complexity index is 1580. The van der Waals surface area contributed by atoms with E-state index in [1.54, 1.807) is 11.5 Å². The number of para-hydroxylation sites is 3. The van der Waals surface area contributed by atoms with Gasteiger partial charge in [-0.25, -0.2) is 0 Å². The van der Waals surface area contributed by atoms with Crippen LogP contribution in [0.1, 0.15) is 11.7 Å². The monoisotopic (exact) mass is 374 g/mol. The number of aromatic amines is 1. The average Bonchev–Trinajstić information content (AvgIpc) is 3.29. The SMILES string of the molecule is CC(=O)n1c2ccccc2c2cc(-c3cccc4c3[nH]c3ccccc34)ccc21. The van der Waals surface area contributed by atoms with Gasteiger partial charge in [0.2, 0.25) is 5.91 Å². The maximum Gasteiger partial charge on any atom is 0.228 e. The summed E-state index contributed by atoms with van der Waals surface area (Å²) in [7, 11) is 0. The fraction of sp³-hybridized carbons (Fsp3) is 0.0385. The summed E-state index contributed by atoms with van der Waals surface area (Å²) < 4.78 is 1.80. The molecule has 0 atom stereocenters. The molecule has 6 rings (SSSR count). The molecule has 0 unspecified atom stereocenters. The third-order valence-electron chi connectivity index (χ3n) is 5.84. The van der Waals surface area contributed by atoms with Crippen LogP contribution in [0.15, 0.2) is 84.9 Å². The highest BCUT2D eigenvalue weighted by Crippen LogP contribution is 2.36. The Hall–Kier alpha value is -3.85. The molecule has 3 heteroatoms. The van der Waals surface area contributed by atoms with Gasteiger partial charge in [-0.2, -0.15) is 0 Å². The molecular weight excluding hydrogens is 356 g/mol. The predicted molar refractivity (Wildman–Crippen MR) is 121 cm³/mol. The third kappa shape index (κ3) is 2.21. The van der Waals surface area contributed by atoms with E-state index in [2.05, 4.69) is 71.7 Å². The van der Waals surface area contributed by atoms with Crippen LogP contribution in [0.4, 0.5) is 0 Å². The Morgan fingerprint density at radius 2 is 1.45 bits per heavy atom. The summed E-state index contributed by atoms with van der Waals surface area (Å²) in [6, 6.07) is 29.3. The summed E-state index contributed by atoms with van der Waals surface area (Å²) in [5.41, 5.74) is 6.50. The van der Waals surface area contributed by atoms with Crippen LogP contribution in [-0.2, 0) is 0 Å². The van der Waals surface area contributed by atoms with E-state index in [0.29, 0.717) is 0 Å². The summed E-state index contributed by atoms with van der Waals surface area (Å²) >= 11 is 0. The molecule has 0 amide bonds. The lowest BCUT2D eigenvalue weighted by Crippen LogP contribution is -2.04. The smallest absolute Gasteiger partial charge is 0.228 e. The second-order valence-electron chi connectivity index (χ2n) is 7.50. The first-order chi connectivity index (χ1) is 14.2. The molecule has 0 saturated carbocycles. The van der Waals surface area contributed by atoms with Crippen LogP contribution in [-0.4, -0.2) is 15.5 Å². The number of H-pyrrole nitrogens is 1. The van der Waals surface area contributed by atoms with Crippen molar-refractivity contribution in [1.29, 1.82) is 0 Å². The highest BCUT2D eigenvalue weighted by Gasteiger charge is 2.15. The van der Waals surface area contributed by atoms with E-state index in [1.807, 2.05) is 18.2 Å². The number of hydrogen-bond donors (Lipinski definition) is 1. The van der Waals surface area contributed by atoms with Gasteiger partial charge in [0.25, 0.3) is 0 Å². The first-order valence-corrected chi connectivity index (χ1v) is 9.76. The molecule has 0 aliphatic rings. The zero-order valence-electron chi connectivity index (χ0n) is 15.9. The van der Waals surface area contributed by atoms with Crippen LogP contribution in [0, 0.1) is 0 Å². The maximum absolute atomic E-state index is 12.3. The molecule has 29 heavy (non-hydrogen) atoms. The average molecular weight is 374 g/mol. The largest absolute Gasteiger partial charge is 0.354 e. The molecule has 6 aromatic rings. The van der Waals surface area contributed by atoms with Crippen LogP contribution in [0.3, 0.4) is 0 Å². The first-order valence-electron chi connectivity index (χ1n) is 9.76. The van der Waals surface area contributed by atoms with Crippen molar-refractivity contribution in [2.45, 2.75) is 6.92 Å². The minimum Gasteiger partial charge on any atom is -0.354 e. The van der Waals surface area contributed by atoms with Crippen molar-refractivity contribution in [2.75, 3.05) is 0 Å². The molecule has 0 aliphatic heterocycles. The number of fused-ring (bicyclic) bond motifs is 6. The van der Waals surface area contributed by atoms with Gasteiger partial charge in [-0.05, 0) is 29.8 Å². The summed E-state index contributed by atoms with van der Waals surface area (Å²) in [6.07, 6.45) is 0. The Labute approximate surface area is 167 Å². The van der Waals surface area contributed by atoms with Gasteiger partial charge in [0.1, 0.15) is 0 Å². The third-order valence-corrected chi connectivity index (χ3v) is 5.84. The quantitative estimate of drug-likeness (QED) is 0.339. The molecule has 0 radical (unpaired) electrons. The van der Waals surface area contributed by atoms with Gasteiger partial charge in [-0.1, -0.05) is 60.7 Å². The molecule has 0 fully saturated rings. The topological polar surface area (TPSA) is 37.8 Å². The van der Waals surface area contributed by atoms with Gasteiger partial charge in [-0.15, -0.1) is 0 Å². The summed E-state index contributed by atoms with van der Waals surface area (Å²) in [4.78, 5) is 15.9. The minimum atomic E-state index is 0.0293. The lowest BCUT2D eigenvalue weighted by molar-refractivity contribution is 0.0946. The van der Waals surface area contributed by atoms with Crippen molar-refractivity contribution in [3.05, 3.63) is 84.9 Å². The first kappa shape index (κ1) is 16.1. The number of nitrogens with one attached hydrogen (secondary N) is 1. The lowest BCUT2D eigenvalue weighted by Gasteiger charge is -2.06. The number of nitrogens with zero attached hydrogens (tertiary/aromatic N) is 1. The van der Waals surface area contributed by atoms with Crippen LogP contribution in [0.5, 0.6) is 0 Å². The van der Waals surface area contributed by atoms with E-state index in [1.165, 1.54) is 16.3 Å². The van der Waals surface area contributed by atoms with Gasteiger partial charge >= 0.3 is 0 Å². The highest BCUT2D eigenvalue weighted by atomic mass is 16.1. The van der Waals surface area contributed by atoms with Crippen LogP contribution >= 0.6 is 0 Å². The van der Waals surface area contributed by atoms with Gasteiger partial charge in [0.05, 0.1) is 16.6 Å². The van der Waals surface area contributed by atoms with Crippen molar-refractivity contribution < 1.29 is 4.79 Å². The van der Waals surface area contributed by atoms with Gasteiger partial charge < -0.3 is 4.98 Å². The van der Waals surface area contributed by atoms with Crippen molar-refractivity contribution in [2.24, 2.45) is 0 Å². The Kier molecular flexibility index (Phi) is 3.24. The number of carbonyl (C=O) groups is 1. The van der Waals surface area contributed by atoms with E-state index < -0.39 is 0 Å². The van der Waals surface area contributed by atoms with Crippen molar-refractivity contribution in [3.63, 3.8) is 0 Å². The maximum atomic E-state index is 12.3. The number of benzene rings is 4. The summed E-state index contributed by atoms with van der Waals surface area (Å²) in [5, 5.41) is 4.66. The highest BCUT2D eigenvalue weighted by molar-refractivity contribution is 6.16. The van der Waals surface area contributed by atoms with E-state index in [9.17, 15) is 4.79 Å². The fourth-order valence-corrected chi connectivity index (χ4v) is 4.59. The molecule has 3 nitrogen and oxygen atoms in total. The number of hydrogen-bond acceptors (Lipinski definition) is 1. The van der Waals surface area contributed by atoms with Crippen LogP contribution in [0.25, 0.3) is 54.7 Å². The zero-order valence-corrected chi connectivity index (χ0v) is 15.9. The molecule has 4 aromatic carbocycles. The van der Waals surface area contributed by atoms with Crippen molar-refractivity contribution in [1.82, 2.24) is 9.55 Å². The van der Waals surface area contributed by atoms with Gasteiger partial charge in [0.15, 0.2) is 0 Å². The second-order valence-corrected chi connectivity index (χ2v) is 7.50. The Balaban J connectivity index is 1.69. The Morgan fingerprint density at radius 3 is 2.31 bits per heavy atom. The minimum absolute atomic E-state index is 0.0293. The molecule has 0 saturated heterocycles. The van der Waals surface area contributed by atoms with Crippen LogP contribution in [0.2, 0.25) is 0 Å². The van der Waals surface area contributed by atoms with E-state index in [0.717, 1.165) is 38.4 Å². The zero-order chi connectivity index (χ0) is 19.5. The van der Waals surface area contributed by atoms with Gasteiger partial charge in [0, 0.05) is 39.5 Å². The molecule has 1 N–H and O–H groups in total. The van der Waals surface area contributed by atoms with E-state index >= 15 is 0 Å². The number of rotatable bonds is 1. The van der Waals surface area contributed by atoms with Crippen LogP contribution < -0.4 is 0 Å². The number of aromatic nitrogens is 2. The summed E-state index contributed by atoms with van der Waals surface area (Å²) in [6.45, 7) is 1.62. The molecule has 2 heterocycles. The molecular formula is C26H18N2O. The molecule has 0 aliphatic carbocycles. The Morgan fingerprint density at radius 1 is 0.724 bits per heavy atom. The molecule has 2 aromatic heterocycles. The second kappa shape index (κ2) is 5.82.